The van der Waals surface area contributed by atoms with E-state index in [9.17, 15) is 17.2 Å². The number of aromatic nitrogens is 2. The third-order valence-electron chi connectivity index (χ3n) is 3.02. The molecule has 1 aromatic carbocycles. The second-order valence-electron chi connectivity index (χ2n) is 5.74. The van der Waals surface area contributed by atoms with Gasteiger partial charge in [-0.25, -0.2) is 8.78 Å². The van der Waals surface area contributed by atoms with E-state index in [0.29, 0.717) is 16.8 Å². The summed E-state index contributed by atoms with van der Waals surface area (Å²) in [6.45, 7) is 5.69. The van der Waals surface area contributed by atoms with Gasteiger partial charge in [0.25, 0.3) is 10.0 Å². The molecule has 0 saturated carbocycles. The number of rotatable bonds is 3. The Bertz CT molecular complexity index is 809. The lowest BCUT2D eigenvalue weighted by Crippen LogP contribution is -2.19. The van der Waals surface area contributed by atoms with Gasteiger partial charge in [-0.2, -0.15) is 13.5 Å². The highest BCUT2D eigenvalue weighted by Crippen LogP contribution is 2.29. The van der Waals surface area contributed by atoms with Crippen LogP contribution < -0.4 is 0 Å². The van der Waals surface area contributed by atoms with Crippen molar-refractivity contribution >= 4 is 21.8 Å². The van der Waals surface area contributed by atoms with E-state index < -0.39 is 26.6 Å². The van der Waals surface area contributed by atoms with E-state index in [2.05, 4.69) is 5.10 Å². The Balaban J connectivity index is 2.66. The van der Waals surface area contributed by atoms with Gasteiger partial charge in [0.2, 0.25) is 0 Å². The Kier molecular flexibility index (Phi) is 4.36. The maximum atomic E-state index is 13.8. The predicted octanol–water partition coefficient (Wildman–Crippen LogP) is 3.42. The van der Waals surface area contributed by atoms with Crippen LogP contribution in [0, 0.1) is 11.6 Å². The summed E-state index contributed by atoms with van der Waals surface area (Å²) in [5, 5.41) is 4.48. The number of halogens is 2. The maximum absolute atomic E-state index is 13.8. The number of thioether (sulfide) groups is 1. The maximum Gasteiger partial charge on any atom is 0.286 e. The van der Waals surface area contributed by atoms with E-state index in [1.165, 1.54) is 11.8 Å². The fourth-order valence-corrected chi connectivity index (χ4v) is 3.96. The lowest BCUT2D eigenvalue weighted by Gasteiger charge is -2.14. The standard InChI is InChI=1S/C14H16F2N2O2S2/c1-14(2,3)12-8-13(21-4)18(17-12)22(19,20)11-6-5-9(15)7-10(11)16/h5-8H,1-4H3. The van der Waals surface area contributed by atoms with Crippen LogP contribution in [0.25, 0.3) is 0 Å². The van der Waals surface area contributed by atoms with Crippen molar-refractivity contribution < 1.29 is 17.2 Å². The molecule has 0 aliphatic heterocycles. The van der Waals surface area contributed by atoms with E-state index in [4.69, 9.17) is 0 Å². The minimum Gasteiger partial charge on any atom is -0.207 e. The summed E-state index contributed by atoms with van der Waals surface area (Å²) in [7, 11) is -4.23. The largest absolute Gasteiger partial charge is 0.286 e. The Morgan fingerprint density at radius 3 is 2.32 bits per heavy atom. The first-order valence-corrected chi connectivity index (χ1v) is 9.09. The van der Waals surface area contributed by atoms with Crippen LogP contribution in [0.15, 0.2) is 34.2 Å². The highest BCUT2D eigenvalue weighted by atomic mass is 32.2. The van der Waals surface area contributed by atoms with Gasteiger partial charge in [-0.15, -0.1) is 15.8 Å². The molecule has 0 aliphatic rings. The first-order valence-electron chi connectivity index (χ1n) is 6.42. The molecule has 0 unspecified atom stereocenters. The van der Waals surface area contributed by atoms with E-state index in [1.807, 2.05) is 20.8 Å². The van der Waals surface area contributed by atoms with Crippen molar-refractivity contribution in [2.75, 3.05) is 6.26 Å². The molecule has 0 fully saturated rings. The molecule has 1 heterocycles. The molecule has 120 valence electrons. The lowest BCUT2D eigenvalue weighted by molar-refractivity contribution is 0.533. The third kappa shape index (κ3) is 3.03. The second-order valence-corrected chi connectivity index (χ2v) is 8.31. The Morgan fingerprint density at radius 1 is 1.18 bits per heavy atom. The topological polar surface area (TPSA) is 52.0 Å². The van der Waals surface area contributed by atoms with E-state index in [0.717, 1.165) is 16.2 Å². The second kappa shape index (κ2) is 5.66. The first-order chi connectivity index (χ1) is 10.1. The van der Waals surface area contributed by atoms with Crippen molar-refractivity contribution in [3.05, 3.63) is 41.6 Å². The van der Waals surface area contributed by atoms with Gasteiger partial charge < -0.3 is 0 Å². The van der Waals surface area contributed by atoms with Crippen LogP contribution in [-0.2, 0) is 15.4 Å². The molecule has 0 saturated heterocycles. The molecule has 0 bridgehead atoms. The van der Waals surface area contributed by atoms with Gasteiger partial charge in [-0.3, -0.25) is 0 Å². The summed E-state index contributed by atoms with van der Waals surface area (Å²) >= 11 is 1.19. The van der Waals surface area contributed by atoms with Gasteiger partial charge in [0.1, 0.15) is 21.6 Å². The van der Waals surface area contributed by atoms with Crippen molar-refractivity contribution in [1.82, 2.24) is 9.19 Å². The Labute approximate surface area is 132 Å². The summed E-state index contributed by atoms with van der Waals surface area (Å²) in [4.78, 5) is -0.604. The molecule has 0 aliphatic carbocycles. The Morgan fingerprint density at radius 2 is 1.82 bits per heavy atom. The van der Waals surface area contributed by atoms with Crippen LogP contribution in [0.4, 0.5) is 8.78 Å². The molecular weight excluding hydrogens is 330 g/mol. The molecule has 0 radical (unpaired) electrons. The van der Waals surface area contributed by atoms with Crippen LogP contribution >= 0.6 is 11.8 Å². The molecule has 2 aromatic rings. The van der Waals surface area contributed by atoms with Gasteiger partial charge in [-0.05, 0) is 24.5 Å². The summed E-state index contributed by atoms with van der Waals surface area (Å²) in [6, 6.07) is 4.01. The van der Waals surface area contributed by atoms with E-state index in [1.54, 1.807) is 12.3 Å². The van der Waals surface area contributed by atoms with Crippen LogP contribution in [0.2, 0.25) is 0 Å². The molecule has 0 amide bonds. The van der Waals surface area contributed by atoms with Crippen LogP contribution in [0.3, 0.4) is 0 Å². The highest BCUT2D eigenvalue weighted by molar-refractivity contribution is 7.99. The van der Waals surface area contributed by atoms with Gasteiger partial charge in [0.05, 0.1) is 5.69 Å². The summed E-state index contributed by atoms with van der Waals surface area (Å²) in [5.41, 5.74) is 0.218. The van der Waals surface area contributed by atoms with Crippen LogP contribution in [0.5, 0.6) is 0 Å². The zero-order valence-electron chi connectivity index (χ0n) is 12.6. The zero-order valence-corrected chi connectivity index (χ0v) is 14.2. The van der Waals surface area contributed by atoms with Crippen molar-refractivity contribution in [2.45, 2.75) is 36.1 Å². The van der Waals surface area contributed by atoms with Gasteiger partial charge in [-0.1, -0.05) is 20.8 Å². The average Bonchev–Trinajstić information content (AvgIpc) is 2.82. The minimum absolute atomic E-state index is 0.355. The SMILES string of the molecule is CSc1cc(C(C)(C)C)nn1S(=O)(=O)c1ccc(F)cc1F. The molecule has 0 spiro atoms. The number of benzene rings is 1. The lowest BCUT2D eigenvalue weighted by atomic mass is 9.93. The normalized spacial score (nSPS) is 12.6. The molecule has 4 nitrogen and oxygen atoms in total. The zero-order chi connectivity index (χ0) is 16.7. The van der Waals surface area contributed by atoms with E-state index in [-0.39, 0.29) is 5.41 Å². The molecule has 8 heteroatoms. The van der Waals surface area contributed by atoms with Gasteiger partial charge in [0.15, 0.2) is 0 Å². The fourth-order valence-electron chi connectivity index (χ4n) is 1.80. The quantitative estimate of drug-likeness (QED) is 0.799. The van der Waals surface area contributed by atoms with Crippen molar-refractivity contribution in [3.8, 4) is 0 Å². The molecule has 22 heavy (non-hydrogen) atoms. The highest BCUT2D eigenvalue weighted by Gasteiger charge is 2.28. The predicted molar refractivity (Wildman–Crippen MR) is 81.6 cm³/mol. The number of hydrogen-bond donors (Lipinski definition) is 0. The van der Waals surface area contributed by atoms with Crippen molar-refractivity contribution in [1.29, 1.82) is 0 Å². The Hall–Kier alpha value is -1.41. The monoisotopic (exact) mass is 346 g/mol. The summed E-state index contributed by atoms with van der Waals surface area (Å²) in [6.07, 6.45) is 1.70. The van der Waals surface area contributed by atoms with Crippen molar-refractivity contribution in [3.63, 3.8) is 0 Å². The molecule has 0 N–H and O–H groups in total. The van der Waals surface area contributed by atoms with Gasteiger partial charge in [0, 0.05) is 11.5 Å². The number of nitrogens with zero attached hydrogens (tertiary/aromatic N) is 2. The number of hydrogen-bond acceptors (Lipinski definition) is 4. The molecule has 0 atom stereocenters. The van der Waals surface area contributed by atoms with Crippen molar-refractivity contribution in [2.24, 2.45) is 0 Å². The van der Waals surface area contributed by atoms with E-state index >= 15 is 0 Å². The van der Waals surface area contributed by atoms with Gasteiger partial charge >= 0.3 is 0 Å². The molecule has 2 rings (SSSR count). The summed E-state index contributed by atoms with van der Waals surface area (Å²) in [5.74, 6) is -1.97. The fraction of sp³-hybridized carbons (Fsp3) is 0.357. The molecular formula is C14H16F2N2O2S2. The first kappa shape index (κ1) is 17.0. The van der Waals surface area contributed by atoms with Crippen LogP contribution in [-0.4, -0.2) is 23.9 Å². The van der Waals surface area contributed by atoms with Crippen LogP contribution in [0.1, 0.15) is 26.5 Å². The molecule has 1 aromatic heterocycles. The third-order valence-corrected chi connectivity index (χ3v) is 5.47. The minimum atomic E-state index is -4.23. The summed E-state index contributed by atoms with van der Waals surface area (Å²) < 4.78 is 52.8. The smallest absolute Gasteiger partial charge is 0.207 e. The average molecular weight is 346 g/mol.